The van der Waals surface area contributed by atoms with E-state index in [1.807, 2.05) is 19.1 Å². The zero-order valence-electron chi connectivity index (χ0n) is 11.5. The third-order valence-electron chi connectivity index (χ3n) is 3.96. The first kappa shape index (κ1) is 13.5. The molecule has 1 aromatic rings. The third-order valence-corrected chi connectivity index (χ3v) is 4.37. The maximum Gasteiger partial charge on any atom is 0.0620 e. The van der Waals surface area contributed by atoms with Crippen molar-refractivity contribution in [3.8, 4) is 0 Å². The predicted molar refractivity (Wildman–Crippen MR) is 80.2 cm³/mol. The van der Waals surface area contributed by atoms with E-state index in [0.29, 0.717) is 6.04 Å². The Bertz CT molecular complexity index is 421. The fraction of sp³-hybridized carbons (Fsp3) is 0.600. The molecule has 0 aliphatic heterocycles. The van der Waals surface area contributed by atoms with Crippen molar-refractivity contribution in [2.75, 3.05) is 11.1 Å². The van der Waals surface area contributed by atoms with Gasteiger partial charge in [0.15, 0.2) is 0 Å². The summed E-state index contributed by atoms with van der Waals surface area (Å²) < 4.78 is 0. The van der Waals surface area contributed by atoms with Gasteiger partial charge in [0.05, 0.1) is 11.4 Å². The lowest BCUT2D eigenvalue weighted by Crippen LogP contribution is -2.30. The lowest BCUT2D eigenvalue weighted by atomic mass is 9.80. The van der Waals surface area contributed by atoms with E-state index in [-0.39, 0.29) is 0 Å². The van der Waals surface area contributed by atoms with Crippen molar-refractivity contribution in [1.82, 2.24) is 0 Å². The van der Waals surface area contributed by atoms with E-state index >= 15 is 0 Å². The van der Waals surface area contributed by atoms with Crippen molar-refractivity contribution in [2.24, 2.45) is 11.8 Å². The van der Waals surface area contributed by atoms with Crippen molar-refractivity contribution in [3.05, 3.63) is 22.7 Å². The van der Waals surface area contributed by atoms with Crippen molar-refractivity contribution in [2.45, 2.75) is 46.1 Å². The minimum atomic E-state index is 0.517. The van der Waals surface area contributed by atoms with E-state index in [0.717, 1.165) is 33.8 Å². The van der Waals surface area contributed by atoms with Gasteiger partial charge in [0.25, 0.3) is 0 Å². The Kier molecular flexibility index (Phi) is 4.06. The first-order valence-corrected chi connectivity index (χ1v) is 7.16. The molecule has 0 saturated heterocycles. The first-order chi connectivity index (χ1) is 8.47. The number of rotatable bonds is 2. The lowest BCUT2D eigenvalue weighted by Gasteiger charge is -2.33. The molecule has 1 saturated carbocycles. The summed E-state index contributed by atoms with van der Waals surface area (Å²) >= 11 is 6.17. The van der Waals surface area contributed by atoms with E-state index in [1.165, 1.54) is 19.3 Å². The van der Waals surface area contributed by atoms with Crippen LogP contribution in [0.1, 0.15) is 38.7 Å². The van der Waals surface area contributed by atoms with Gasteiger partial charge >= 0.3 is 0 Å². The Morgan fingerprint density at radius 2 is 1.78 bits per heavy atom. The second-order valence-electron chi connectivity index (χ2n) is 5.90. The number of hydrogen-bond acceptors (Lipinski definition) is 2. The van der Waals surface area contributed by atoms with E-state index in [9.17, 15) is 0 Å². The fourth-order valence-electron chi connectivity index (χ4n) is 3.17. The van der Waals surface area contributed by atoms with Gasteiger partial charge in [0.2, 0.25) is 0 Å². The van der Waals surface area contributed by atoms with E-state index in [4.69, 9.17) is 17.3 Å². The van der Waals surface area contributed by atoms with Gasteiger partial charge in [0, 0.05) is 11.1 Å². The molecule has 1 aliphatic rings. The number of nitrogen functional groups attached to an aromatic ring is 1. The molecule has 2 nitrogen and oxygen atoms in total. The molecule has 1 fully saturated rings. The minimum absolute atomic E-state index is 0.517. The highest BCUT2D eigenvalue weighted by Crippen LogP contribution is 2.34. The molecule has 0 spiro atoms. The molecule has 18 heavy (non-hydrogen) atoms. The van der Waals surface area contributed by atoms with Crippen molar-refractivity contribution in [1.29, 1.82) is 0 Å². The Morgan fingerprint density at radius 1 is 1.17 bits per heavy atom. The molecular weight excluding hydrogens is 244 g/mol. The van der Waals surface area contributed by atoms with Gasteiger partial charge in [-0.3, -0.25) is 0 Å². The molecule has 100 valence electrons. The van der Waals surface area contributed by atoms with Gasteiger partial charge < -0.3 is 11.1 Å². The lowest BCUT2D eigenvalue weighted by molar-refractivity contribution is 0.281. The topological polar surface area (TPSA) is 38.0 Å². The highest BCUT2D eigenvalue weighted by molar-refractivity contribution is 6.31. The molecule has 3 N–H and O–H groups in total. The molecule has 2 atom stereocenters. The van der Waals surface area contributed by atoms with Crippen molar-refractivity contribution < 1.29 is 0 Å². The van der Waals surface area contributed by atoms with Crippen LogP contribution < -0.4 is 11.1 Å². The van der Waals surface area contributed by atoms with Crippen molar-refractivity contribution >= 4 is 23.0 Å². The second-order valence-corrected chi connectivity index (χ2v) is 6.30. The van der Waals surface area contributed by atoms with Crippen LogP contribution in [0.3, 0.4) is 0 Å². The number of anilines is 2. The Balaban J connectivity index is 2.16. The van der Waals surface area contributed by atoms with Crippen LogP contribution >= 0.6 is 11.6 Å². The summed E-state index contributed by atoms with van der Waals surface area (Å²) in [6.07, 6.45) is 3.77. The van der Waals surface area contributed by atoms with Crippen LogP contribution in [0.5, 0.6) is 0 Å². The van der Waals surface area contributed by atoms with E-state index < -0.39 is 0 Å². The summed E-state index contributed by atoms with van der Waals surface area (Å²) in [6, 6.07) is 4.26. The molecule has 0 radical (unpaired) electrons. The Hall–Kier alpha value is -0.890. The molecular formula is C15H23ClN2. The summed E-state index contributed by atoms with van der Waals surface area (Å²) in [5.41, 5.74) is 8.93. The summed E-state index contributed by atoms with van der Waals surface area (Å²) in [5, 5.41) is 4.39. The molecule has 3 heteroatoms. The average Bonchev–Trinajstić information content (AvgIpc) is 2.28. The standard InChI is InChI=1S/C15H23ClN2/c1-9-6-10(2)8-12(7-9)18-15-11(3)13(16)4-5-14(15)17/h4-5,9-10,12,18H,6-8,17H2,1-3H3. The number of benzene rings is 1. The largest absolute Gasteiger partial charge is 0.397 e. The molecule has 0 bridgehead atoms. The van der Waals surface area contributed by atoms with Gasteiger partial charge in [-0.1, -0.05) is 25.4 Å². The fourth-order valence-corrected chi connectivity index (χ4v) is 3.33. The molecule has 0 amide bonds. The SMILES string of the molecule is Cc1c(Cl)ccc(N)c1NC1CC(C)CC(C)C1. The Morgan fingerprint density at radius 3 is 2.39 bits per heavy atom. The molecule has 1 aliphatic carbocycles. The third kappa shape index (κ3) is 2.92. The van der Waals surface area contributed by atoms with Crippen LogP contribution in [0, 0.1) is 18.8 Å². The monoisotopic (exact) mass is 266 g/mol. The van der Waals surface area contributed by atoms with E-state index in [2.05, 4.69) is 19.2 Å². The molecule has 2 rings (SSSR count). The summed E-state index contributed by atoms with van der Waals surface area (Å²) in [7, 11) is 0. The van der Waals surface area contributed by atoms with Crippen LogP contribution in [0.15, 0.2) is 12.1 Å². The smallest absolute Gasteiger partial charge is 0.0620 e. The zero-order valence-corrected chi connectivity index (χ0v) is 12.2. The maximum atomic E-state index is 6.17. The van der Waals surface area contributed by atoms with Gasteiger partial charge in [-0.05, 0) is 55.7 Å². The number of nitrogens with two attached hydrogens (primary N) is 1. The highest BCUT2D eigenvalue weighted by Gasteiger charge is 2.24. The van der Waals surface area contributed by atoms with Gasteiger partial charge in [0.1, 0.15) is 0 Å². The van der Waals surface area contributed by atoms with Crippen LogP contribution in [-0.2, 0) is 0 Å². The molecule has 1 aromatic carbocycles. The minimum Gasteiger partial charge on any atom is -0.397 e. The molecule has 2 unspecified atom stereocenters. The van der Waals surface area contributed by atoms with Gasteiger partial charge in [-0.15, -0.1) is 0 Å². The normalized spacial score (nSPS) is 28.1. The van der Waals surface area contributed by atoms with Gasteiger partial charge in [-0.25, -0.2) is 0 Å². The molecule has 0 heterocycles. The van der Waals surface area contributed by atoms with Crippen LogP contribution in [0.4, 0.5) is 11.4 Å². The van der Waals surface area contributed by atoms with Crippen molar-refractivity contribution in [3.63, 3.8) is 0 Å². The van der Waals surface area contributed by atoms with Crippen LogP contribution in [0.25, 0.3) is 0 Å². The first-order valence-electron chi connectivity index (χ1n) is 6.78. The zero-order chi connectivity index (χ0) is 13.3. The molecule has 0 aromatic heterocycles. The number of nitrogens with one attached hydrogen (secondary N) is 1. The second kappa shape index (κ2) is 5.40. The number of hydrogen-bond donors (Lipinski definition) is 2. The maximum absolute atomic E-state index is 6.17. The summed E-state index contributed by atoms with van der Waals surface area (Å²) in [4.78, 5) is 0. The van der Waals surface area contributed by atoms with Gasteiger partial charge in [-0.2, -0.15) is 0 Å². The Labute approximate surface area is 115 Å². The predicted octanol–water partition coefficient (Wildman–Crippen LogP) is 4.47. The number of halogens is 1. The summed E-state index contributed by atoms with van der Waals surface area (Å²) in [6.45, 7) is 6.69. The quantitative estimate of drug-likeness (QED) is 0.775. The highest BCUT2D eigenvalue weighted by atomic mass is 35.5. The van der Waals surface area contributed by atoms with E-state index in [1.54, 1.807) is 0 Å². The van der Waals surface area contributed by atoms with Crippen LogP contribution in [-0.4, -0.2) is 6.04 Å². The average molecular weight is 267 g/mol. The van der Waals surface area contributed by atoms with Crippen LogP contribution in [0.2, 0.25) is 5.02 Å². The summed E-state index contributed by atoms with van der Waals surface area (Å²) in [5.74, 6) is 1.57.